The number of hydrogen-bond acceptors (Lipinski definition) is 4. The van der Waals surface area contributed by atoms with Crippen LogP contribution in [-0.4, -0.2) is 41.1 Å². The molecule has 2 N–H and O–H groups in total. The van der Waals surface area contributed by atoms with Gasteiger partial charge in [-0.15, -0.1) is 0 Å². The van der Waals surface area contributed by atoms with Crippen LogP contribution in [0.3, 0.4) is 0 Å². The summed E-state index contributed by atoms with van der Waals surface area (Å²) < 4.78 is 25.8. The summed E-state index contributed by atoms with van der Waals surface area (Å²) in [5.74, 6) is 0. The molecule has 1 aromatic rings. The Morgan fingerprint density at radius 2 is 2.05 bits per heavy atom. The van der Waals surface area contributed by atoms with Gasteiger partial charge in [-0.25, -0.2) is 13.1 Å². The average Bonchev–Trinajstić information content (AvgIpc) is 2.50. The zero-order chi connectivity index (χ0) is 14.6. The lowest BCUT2D eigenvalue weighted by atomic mass is 10.1. The van der Waals surface area contributed by atoms with E-state index < -0.39 is 10.0 Å². The predicted octanol–water partition coefficient (Wildman–Crippen LogP) is 1.17. The Morgan fingerprint density at radius 3 is 2.55 bits per heavy atom. The van der Waals surface area contributed by atoms with Crippen LogP contribution in [-0.2, 0) is 10.0 Å². The van der Waals surface area contributed by atoms with Crippen LogP contribution in [0.2, 0.25) is 0 Å². The van der Waals surface area contributed by atoms with E-state index in [1.807, 2.05) is 12.1 Å². The van der Waals surface area contributed by atoms with E-state index in [0.717, 1.165) is 25.3 Å². The second kappa shape index (κ2) is 6.56. The molecule has 1 aliphatic heterocycles. The number of sulfonamides is 1. The Morgan fingerprint density at radius 1 is 1.35 bits per heavy atom. The molecule has 1 unspecified atom stereocenters. The first-order valence-electron chi connectivity index (χ1n) is 7.09. The van der Waals surface area contributed by atoms with Crippen LogP contribution in [0, 0.1) is 0 Å². The van der Waals surface area contributed by atoms with Crippen LogP contribution in [0.15, 0.2) is 29.2 Å². The van der Waals surface area contributed by atoms with Crippen molar-refractivity contribution in [3.8, 4) is 0 Å². The molecule has 0 amide bonds. The third kappa shape index (κ3) is 3.31. The molecule has 0 saturated carbocycles. The molecule has 0 aromatic heterocycles. The van der Waals surface area contributed by atoms with Crippen LogP contribution in [0.5, 0.6) is 0 Å². The van der Waals surface area contributed by atoms with Crippen LogP contribution in [0.1, 0.15) is 19.8 Å². The van der Waals surface area contributed by atoms with Gasteiger partial charge in [0.05, 0.1) is 4.90 Å². The number of hydrogen-bond donors (Lipinski definition) is 2. The Balaban J connectivity index is 2.19. The van der Waals surface area contributed by atoms with E-state index in [0.29, 0.717) is 10.9 Å². The summed E-state index contributed by atoms with van der Waals surface area (Å²) in [6.45, 7) is 5.13. The van der Waals surface area contributed by atoms with Gasteiger partial charge in [0.2, 0.25) is 10.0 Å². The van der Waals surface area contributed by atoms with Crippen LogP contribution in [0.25, 0.3) is 0 Å². The van der Waals surface area contributed by atoms with Gasteiger partial charge in [-0.05, 0) is 57.6 Å². The number of nitrogens with zero attached hydrogens (tertiary/aromatic N) is 1. The number of rotatable bonds is 5. The highest BCUT2D eigenvalue weighted by molar-refractivity contribution is 7.89. The molecule has 2 rings (SSSR count). The molecule has 0 aliphatic carbocycles. The highest BCUT2D eigenvalue weighted by atomic mass is 32.2. The summed E-state index contributed by atoms with van der Waals surface area (Å²) in [7, 11) is -1.93. The minimum atomic E-state index is -3.35. The highest BCUT2D eigenvalue weighted by Gasteiger charge is 2.20. The molecule has 1 aromatic carbocycles. The lowest BCUT2D eigenvalue weighted by Gasteiger charge is -2.35. The Labute approximate surface area is 121 Å². The standard InChI is InChI=1S/C14H23N3O2S/c1-3-17(13-5-4-10-16-11-13)12-6-8-14(9-7-12)20(18,19)15-2/h6-9,13,15-16H,3-5,10-11H2,1-2H3. The summed E-state index contributed by atoms with van der Waals surface area (Å²) >= 11 is 0. The molecule has 112 valence electrons. The van der Waals surface area contributed by atoms with E-state index in [4.69, 9.17) is 0 Å². The fraction of sp³-hybridized carbons (Fsp3) is 0.571. The number of nitrogens with one attached hydrogen (secondary N) is 2. The minimum absolute atomic E-state index is 0.307. The van der Waals surface area contributed by atoms with Gasteiger partial charge in [0.15, 0.2) is 0 Å². The van der Waals surface area contributed by atoms with Gasteiger partial charge in [-0.2, -0.15) is 0 Å². The summed E-state index contributed by atoms with van der Waals surface area (Å²) in [6, 6.07) is 7.60. The summed E-state index contributed by atoms with van der Waals surface area (Å²) in [5, 5.41) is 3.42. The molecule has 1 atom stereocenters. The van der Waals surface area contributed by atoms with Gasteiger partial charge in [-0.3, -0.25) is 0 Å². The molecule has 0 spiro atoms. The summed E-state index contributed by atoms with van der Waals surface area (Å²) in [4.78, 5) is 2.64. The largest absolute Gasteiger partial charge is 0.368 e. The third-order valence-electron chi connectivity index (χ3n) is 3.80. The number of anilines is 1. The minimum Gasteiger partial charge on any atom is -0.368 e. The number of likely N-dealkylation sites (N-methyl/N-ethyl adjacent to an activating group) is 1. The van der Waals surface area contributed by atoms with Gasteiger partial charge < -0.3 is 10.2 Å². The van der Waals surface area contributed by atoms with Crippen molar-refractivity contribution >= 4 is 15.7 Å². The van der Waals surface area contributed by atoms with Crippen molar-refractivity contribution in [2.24, 2.45) is 0 Å². The topological polar surface area (TPSA) is 61.4 Å². The predicted molar refractivity (Wildman–Crippen MR) is 81.6 cm³/mol. The van der Waals surface area contributed by atoms with Gasteiger partial charge >= 0.3 is 0 Å². The molecule has 0 radical (unpaired) electrons. The second-order valence-corrected chi connectivity index (χ2v) is 6.87. The lowest BCUT2D eigenvalue weighted by Crippen LogP contribution is -2.46. The maximum absolute atomic E-state index is 11.7. The zero-order valence-corrected chi connectivity index (χ0v) is 12.9. The first kappa shape index (κ1) is 15.3. The normalized spacial score (nSPS) is 19.8. The molecule has 6 heteroatoms. The van der Waals surface area contributed by atoms with Crippen molar-refractivity contribution in [2.75, 3.05) is 31.6 Å². The van der Waals surface area contributed by atoms with Gasteiger partial charge in [-0.1, -0.05) is 0 Å². The maximum Gasteiger partial charge on any atom is 0.240 e. The zero-order valence-electron chi connectivity index (χ0n) is 12.1. The highest BCUT2D eigenvalue weighted by Crippen LogP contribution is 2.22. The van der Waals surface area contributed by atoms with Crippen LogP contribution < -0.4 is 14.9 Å². The first-order chi connectivity index (χ1) is 9.58. The molecule has 1 saturated heterocycles. The van der Waals surface area contributed by atoms with E-state index in [2.05, 4.69) is 21.9 Å². The van der Waals surface area contributed by atoms with E-state index in [9.17, 15) is 8.42 Å². The number of benzene rings is 1. The molecular formula is C14H23N3O2S. The molecule has 1 aliphatic rings. The van der Waals surface area contributed by atoms with E-state index in [1.165, 1.54) is 19.9 Å². The van der Waals surface area contributed by atoms with Crippen molar-refractivity contribution in [3.63, 3.8) is 0 Å². The number of piperidine rings is 1. The molecule has 5 nitrogen and oxygen atoms in total. The van der Waals surface area contributed by atoms with Gasteiger partial charge in [0, 0.05) is 24.8 Å². The van der Waals surface area contributed by atoms with Crippen molar-refractivity contribution in [1.82, 2.24) is 10.0 Å². The van der Waals surface area contributed by atoms with E-state index in [-0.39, 0.29) is 0 Å². The van der Waals surface area contributed by atoms with Crippen LogP contribution in [0.4, 0.5) is 5.69 Å². The smallest absolute Gasteiger partial charge is 0.240 e. The molecular weight excluding hydrogens is 274 g/mol. The Hall–Kier alpha value is -1.11. The van der Waals surface area contributed by atoms with E-state index in [1.54, 1.807) is 12.1 Å². The van der Waals surface area contributed by atoms with Gasteiger partial charge in [0.25, 0.3) is 0 Å². The Bertz CT molecular complexity index is 522. The monoisotopic (exact) mass is 297 g/mol. The average molecular weight is 297 g/mol. The van der Waals surface area contributed by atoms with E-state index >= 15 is 0 Å². The maximum atomic E-state index is 11.7. The fourth-order valence-electron chi connectivity index (χ4n) is 2.69. The molecule has 0 bridgehead atoms. The Kier molecular flexibility index (Phi) is 5.01. The fourth-order valence-corrected chi connectivity index (χ4v) is 3.42. The lowest BCUT2D eigenvalue weighted by molar-refractivity contribution is 0.435. The van der Waals surface area contributed by atoms with Gasteiger partial charge in [0.1, 0.15) is 0 Å². The van der Waals surface area contributed by atoms with Crippen molar-refractivity contribution < 1.29 is 8.42 Å². The first-order valence-corrected chi connectivity index (χ1v) is 8.57. The second-order valence-electron chi connectivity index (χ2n) is 4.99. The quantitative estimate of drug-likeness (QED) is 0.856. The summed E-state index contributed by atoms with van der Waals surface area (Å²) in [5.41, 5.74) is 1.08. The van der Waals surface area contributed by atoms with Crippen LogP contribution >= 0.6 is 0 Å². The van der Waals surface area contributed by atoms with Crippen molar-refractivity contribution in [3.05, 3.63) is 24.3 Å². The van der Waals surface area contributed by atoms with Crippen molar-refractivity contribution in [1.29, 1.82) is 0 Å². The summed E-state index contributed by atoms with van der Waals surface area (Å²) in [6.07, 6.45) is 2.37. The van der Waals surface area contributed by atoms with Crippen molar-refractivity contribution in [2.45, 2.75) is 30.7 Å². The third-order valence-corrected chi connectivity index (χ3v) is 5.23. The molecule has 1 fully saturated rings. The SMILES string of the molecule is CCN(c1ccc(S(=O)(=O)NC)cc1)C1CCCNC1. The molecule has 20 heavy (non-hydrogen) atoms. The molecule has 1 heterocycles.